The van der Waals surface area contributed by atoms with E-state index in [4.69, 9.17) is 10.5 Å². The Labute approximate surface area is 121 Å². The second-order valence-electron chi connectivity index (χ2n) is 5.48. The SMILES string of the molecule is COc1ccc(CN(CCO)C2CCCC2)cc1CN. The number of hydrogen-bond donors (Lipinski definition) is 2. The average molecular weight is 278 g/mol. The van der Waals surface area contributed by atoms with Crippen LogP contribution in [0.5, 0.6) is 5.75 Å². The first kappa shape index (κ1) is 15.3. The van der Waals surface area contributed by atoms with Crippen molar-refractivity contribution in [1.29, 1.82) is 0 Å². The van der Waals surface area contributed by atoms with E-state index < -0.39 is 0 Å². The van der Waals surface area contributed by atoms with Gasteiger partial charge in [0.25, 0.3) is 0 Å². The van der Waals surface area contributed by atoms with E-state index in [2.05, 4.69) is 17.0 Å². The fourth-order valence-corrected chi connectivity index (χ4v) is 3.11. The van der Waals surface area contributed by atoms with Gasteiger partial charge in [-0.05, 0) is 30.5 Å². The first-order valence-corrected chi connectivity index (χ1v) is 7.49. The molecule has 1 aromatic carbocycles. The average Bonchev–Trinajstić information content (AvgIpc) is 3.00. The predicted octanol–water partition coefficient (Wildman–Crippen LogP) is 1.89. The maximum Gasteiger partial charge on any atom is 0.123 e. The Morgan fingerprint density at radius 2 is 2.10 bits per heavy atom. The number of methoxy groups -OCH3 is 1. The van der Waals surface area contributed by atoms with Gasteiger partial charge < -0.3 is 15.6 Å². The molecule has 0 bridgehead atoms. The van der Waals surface area contributed by atoms with E-state index in [1.165, 1.54) is 31.2 Å². The van der Waals surface area contributed by atoms with Gasteiger partial charge in [0.05, 0.1) is 13.7 Å². The summed E-state index contributed by atoms with van der Waals surface area (Å²) in [5.41, 5.74) is 8.06. The van der Waals surface area contributed by atoms with E-state index >= 15 is 0 Å². The zero-order chi connectivity index (χ0) is 14.4. The summed E-state index contributed by atoms with van der Waals surface area (Å²) in [6, 6.07) is 6.82. The molecule has 0 spiro atoms. The van der Waals surface area contributed by atoms with Crippen LogP contribution in [0.2, 0.25) is 0 Å². The van der Waals surface area contributed by atoms with Crippen LogP contribution in [0.1, 0.15) is 36.8 Å². The molecule has 20 heavy (non-hydrogen) atoms. The van der Waals surface area contributed by atoms with Crippen molar-refractivity contribution in [3.05, 3.63) is 29.3 Å². The Bertz CT molecular complexity index is 417. The number of benzene rings is 1. The van der Waals surface area contributed by atoms with Crippen molar-refractivity contribution >= 4 is 0 Å². The van der Waals surface area contributed by atoms with Crippen molar-refractivity contribution in [3.63, 3.8) is 0 Å². The van der Waals surface area contributed by atoms with Crippen molar-refractivity contribution in [1.82, 2.24) is 4.90 Å². The van der Waals surface area contributed by atoms with E-state index in [1.807, 2.05) is 6.07 Å². The van der Waals surface area contributed by atoms with Gasteiger partial charge in [0, 0.05) is 31.2 Å². The smallest absolute Gasteiger partial charge is 0.123 e. The molecule has 4 heteroatoms. The zero-order valence-electron chi connectivity index (χ0n) is 12.3. The highest BCUT2D eigenvalue weighted by atomic mass is 16.5. The standard InChI is InChI=1S/C16H26N2O2/c1-20-16-7-6-13(10-14(16)11-17)12-18(8-9-19)15-4-2-3-5-15/h6-7,10,15,19H,2-5,8-9,11-12,17H2,1H3. The van der Waals surface area contributed by atoms with Gasteiger partial charge in [-0.2, -0.15) is 0 Å². The molecule has 3 N–H and O–H groups in total. The van der Waals surface area contributed by atoms with E-state index in [9.17, 15) is 5.11 Å². The summed E-state index contributed by atoms with van der Waals surface area (Å²) in [4.78, 5) is 2.40. The lowest BCUT2D eigenvalue weighted by atomic mass is 10.1. The first-order valence-electron chi connectivity index (χ1n) is 7.49. The van der Waals surface area contributed by atoms with Crippen LogP contribution in [0, 0.1) is 0 Å². The number of rotatable bonds is 7. The van der Waals surface area contributed by atoms with Crippen molar-refractivity contribution < 1.29 is 9.84 Å². The second-order valence-corrected chi connectivity index (χ2v) is 5.48. The van der Waals surface area contributed by atoms with Crippen LogP contribution in [0.15, 0.2) is 18.2 Å². The highest BCUT2D eigenvalue weighted by Crippen LogP contribution is 2.26. The van der Waals surface area contributed by atoms with Crippen molar-refractivity contribution in [3.8, 4) is 5.75 Å². The van der Waals surface area contributed by atoms with Crippen LogP contribution in [-0.2, 0) is 13.1 Å². The molecule has 1 fully saturated rings. The third-order valence-electron chi connectivity index (χ3n) is 4.18. The summed E-state index contributed by atoms with van der Waals surface area (Å²) >= 11 is 0. The van der Waals surface area contributed by atoms with Gasteiger partial charge in [0.1, 0.15) is 5.75 Å². The van der Waals surface area contributed by atoms with E-state index in [0.717, 1.165) is 24.4 Å². The summed E-state index contributed by atoms with van der Waals surface area (Å²) in [5, 5.41) is 9.28. The number of nitrogens with two attached hydrogens (primary N) is 1. The Morgan fingerprint density at radius 3 is 2.70 bits per heavy atom. The molecule has 0 radical (unpaired) electrons. The van der Waals surface area contributed by atoms with Crippen LogP contribution in [-0.4, -0.2) is 36.3 Å². The Morgan fingerprint density at radius 1 is 1.35 bits per heavy atom. The van der Waals surface area contributed by atoms with Gasteiger partial charge in [-0.1, -0.05) is 18.9 Å². The number of aliphatic hydroxyl groups is 1. The van der Waals surface area contributed by atoms with Crippen LogP contribution in [0.25, 0.3) is 0 Å². The van der Waals surface area contributed by atoms with Gasteiger partial charge in [-0.3, -0.25) is 4.90 Å². The minimum absolute atomic E-state index is 0.219. The number of hydrogen-bond acceptors (Lipinski definition) is 4. The molecule has 1 saturated carbocycles. The highest BCUT2D eigenvalue weighted by molar-refractivity contribution is 5.37. The van der Waals surface area contributed by atoms with Gasteiger partial charge in [-0.25, -0.2) is 0 Å². The van der Waals surface area contributed by atoms with E-state index in [1.54, 1.807) is 7.11 Å². The second kappa shape index (κ2) is 7.62. The van der Waals surface area contributed by atoms with Crippen LogP contribution < -0.4 is 10.5 Å². The summed E-state index contributed by atoms with van der Waals surface area (Å²) in [6.07, 6.45) is 5.12. The molecule has 0 saturated heterocycles. The van der Waals surface area contributed by atoms with Crippen LogP contribution in [0.3, 0.4) is 0 Å². The van der Waals surface area contributed by atoms with E-state index in [-0.39, 0.29) is 6.61 Å². The molecular weight excluding hydrogens is 252 g/mol. The third kappa shape index (κ3) is 3.72. The summed E-state index contributed by atoms with van der Waals surface area (Å²) < 4.78 is 5.31. The van der Waals surface area contributed by atoms with Gasteiger partial charge >= 0.3 is 0 Å². The molecule has 1 aliphatic carbocycles. The van der Waals surface area contributed by atoms with Crippen LogP contribution in [0.4, 0.5) is 0 Å². The number of ether oxygens (including phenoxy) is 1. The molecule has 0 aliphatic heterocycles. The lowest BCUT2D eigenvalue weighted by Gasteiger charge is -2.28. The molecule has 4 nitrogen and oxygen atoms in total. The lowest BCUT2D eigenvalue weighted by molar-refractivity contribution is 0.145. The normalized spacial score (nSPS) is 16.0. The topological polar surface area (TPSA) is 58.7 Å². The van der Waals surface area contributed by atoms with Crippen LogP contribution >= 0.6 is 0 Å². The molecule has 112 valence electrons. The Hall–Kier alpha value is -1.10. The Kier molecular flexibility index (Phi) is 5.83. The molecule has 1 aliphatic rings. The minimum atomic E-state index is 0.219. The third-order valence-corrected chi connectivity index (χ3v) is 4.18. The minimum Gasteiger partial charge on any atom is -0.496 e. The number of nitrogens with zero attached hydrogens (tertiary/aromatic N) is 1. The monoisotopic (exact) mass is 278 g/mol. The largest absolute Gasteiger partial charge is 0.496 e. The molecule has 0 atom stereocenters. The first-order chi connectivity index (χ1) is 9.78. The van der Waals surface area contributed by atoms with Gasteiger partial charge in [0.15, 0.2) is 0 Å². The molecule has 1 aromatic rings. The summed E-state index contributed by atoms with van der Waals surface area (Å²) in [5.74, 6) is 0.853. The fraction of sp³-hybridized carbons (Fsp3) is 0.625. The van der Waals surface area contributed by atoms with Gasteiger partial charge in [0.2, 0.25) is 0 Å². The van der Waals surface area contributed by atoms with Crippen molar-refractivity contribution in [2.75, 3.05) is 20.3 Å². The van der Waals surface area contributed by atoms with Gasteiger partial charge in [-0.15, -0.1) is 0 Å². The Balaban J connectivity index is 2.09. The molecule has 0 amide bonds. The maximum absolute atomic E-state index is 9.28. The van der Waals surface area contributed by atoms with Crippen molar-refractivity contribution in [2.24, 2.45) is 5.73 Å². The molecule has 2 rings (SSSR count). The molecular formula is C16H26N2O2. The maximum atomic E-state index is 9.28. The zero-order valence-corrected chi connectivity index (χ0v) is 12.3. The highest BCUT2D eigenvalue weighted by Gasteiger charge is 2.22. The lowest BCUT2D eigenvalue weighted by Crippen LogP contribution is -2.35. The number of aliphatic hydroxyl groups excluding tert-OH is 1. The molecule has 0 unspecified atom stereocenters. The summed E-state index contributed by atoms with van der Waals surface area (Å²) in [6.45, 7) is 2.33. The molecule has 0 heterocycles. The molecule has 0 aromatic heterocycles. The summed E-state index contributed by atoms with van der Waals surface area (Å²) in [7, 11) is 1.67. The van der Waals surface area contributed by atoms with Crippen molar-refractivity contribution in [2.45, 2.75) is 44.8 Å². The fourth-order valence-electron chi connectivity index (χ4n) is 3.11. The predicted molar refractivity (Wildman–Crippen MR) is 80.6 cm³/mol. The quantitative estimate of drug-likeness (QED) is 0.799. The van der Waals surface area contributed by atoms with E-state index in [0.29, 0.717) is 12.6 Å².